The molecule has 82 valence electrons. The van der Waals surface area contributed by atoms with Crippen LogP contribution in [0.25, 0.3) is 5.52 Å². The summed E-state index contributed by atoms with van der Waals surface area (Å²) < 4.78 is 1.44. The van der Waals surface area contributed by atoms with Gasteiger partial charge in [0.25, 0.3) is 0 Å². The number of carbonyl (C=O) groups is 2. The van der Waals surface area contributed by atoms with Crippen molar-refractivity contribution in [1.29, 1.82) is 0 Å². The number of hydrogen-bond acceptors (Lipinski definition) is 3. The first kappa shape index (κ1) is 10.4. The van der Waals surface area contributed by atoms with Crippen LogP contribution in [-0.2, 0) is 0 Å². The van der Waals surface area contributed by atoms with Crippen LogP contribution in [0.2, 0.25) is 0 Å². The van der Waals surface area contributed by atoms with Crippen molar-refractivity contribution in [2.24, 2.45) is 0 Å². The van der Waals surface area contributed by atoms with Crippen molar-refractivity contribution in [3.8, 4) is 0 Å². The number of fused-ring (bicyclic) bond motifs is 1. The molecule has 16 heavy (non-hydrogen) atoms. The van der Waals surface area contributed by atoms with E-state index in [0.29, 0.717) is 17.5 Å². The summed E-state index contributed by atoms with van der Waals surface area (Å²) >= 11 is 0. The minimum atomic E-state index is -1.05. The smallest absolute Gasteiger partial charge is 0.339 e. The van der Waals surface area contributed by atoms with Crippen LogP contribution >= 0.6 is 0 Å². The van der Waals surface area contributed by atoms with Crippen LogP contribution in [0.1, 0.15) is 34.1 Å². The predicted octanol–water partition coefficient (Wildman–Crippen LogP) is 1.63. The Bertz CT molecular complexity index is 572. The van der Waals surface area contributed by atoms with Crippen molar-refractivity contribution in [2.75, 3.05) is 0 Å². The van der Waals surface area contributed by atoms with Gasteiger partial charge in [0, 0.05) is 18.2 Å². The molecule has 5 nitrogen and oxygen atoms in total. The molecule has 0 amide bonds. The van der Waals surface area contributed by atoms with E-state index in [9.17, 15) is 9.59 Å². The summed E-state index contributed by atoms with van der Waals surface area (Å²) in [6, 6.07) is 3.19. The van der Waals surface area contributed by atoms with Gasteiger partial charge in [0.1, 0.15) is 5.56 Å². The highest BCUT2D eigenvalue weighted by Crippen LogP contribution is 2.13. The number of carbonyl (C=O) groups excluding carboxylic acids is 1. The van der Waals surface area contributed by atoms with Gasteiger partial charge >= 0.3 is 5.97 Å². The SMILES string of the molecule is CCC(=O)c1ccn2ncc(C(=O)O)c2c1. The lowest BCUT2D eigenvalue weighted by atomic mass is 10.1. The molecule has 2 aromatic heterocycles. The zero-order valence-corrected chi connectivity index (χ0v) is 8.67. The van der Waals surface area contributed by atoms with Gasteiger partial charge in [0.15, 0.2) is 5.78 Å². The van der Waals surface area contributed by atoms with E-state index >= 15 is 0 Å². The van der Waals surface area contributed by atoms with Gasteiger partial charge in [0.05, 0.1) is 11.7 Å². The maximum atomic E-state index is 11.5. The van der Waals surface area contributed by atoms with Crippen molar-refractivity contribution in [2.45, 2.75) is 13.3 Å². The number of carboxylic acid groups (broad SMARTS) is 1. The molecule has 0 aliphatic heterocycles. The Morgan fingerprint density at radius 2 is 2.25 bits per heavy atom. The molecule has 0 saturated carbocycles. The average Bonchev–Trinajstić information content (AvgIpc) is 2.70. The van der Waals surface area contributed by atoms with Gasteiger partial charge in [-0.1, -0.05) is 6.92 Å². The van der Waals surface area contributed by atoms with E-state index in [1.165, 1.54) is 10.7 Å². The van der Waals surface area contributed by atoms with E-state index in [-0.39, 0.29) is 11.3 Å². The molecular formula is C11H10N2O3. The van der Waals surface area contributed by atoms with E-state index in [1.807, 2.05) is 0 Å². The number of carboxylic acids is 1. The van der Waals surface area contributed by atoms with Crippen LogP contribution in [0.5, 0.6) is 0 Å². The maximum Gasteiger partial charge on any atom is 0.339 e. The van der Waals surface area contributed by atoms with E-state index < -0.39 is 5.97 Å². The third-order valence-electron chi connectivity index (χ3n) is 2.40. The maximum absolute atomic E-state index is 11.5. The standard InChI is InChI=1S/C11H10N2O3/c1-2-10(14)7-3-4-13-9(5-7)8(6-12-13)11(15)16/h3-6H,2H2,1H3,(H,15,16). The van der Waals surface area contributed by atoms with Crippen LogP contribution < -0.4 is 0 Å². The third kappa shape index (κ3) is 1.56. The third-order valence-corrected chi connectivity index (χ3v) is 2.40. The lowest BCUT2D eigenvalue weighted by molar-refractivity contribution is 0.0698. The predicted molar refractivity (Wildman–Crippen MR) is 56.8 cm³/mol. The van der Waals surface area contributed by atoms with Crippen LogP contribution in [0, 0.1) is 0 Å². The van der Waals surface area contributed by atoms with Crippen molar-refractivity contribution in [1.82, 2.24) is 9.61 Å². The summed E-state index contributed by atoms with van der Waals surface area (Å²) in [6.07, 6.45) is 3.26. The largest absolute Gasteiger partial charge is 0.478 e. The second-order valence-corrected chi connectivity index (χ2v) is 3.39. The summed E-state index contributed by atoms with van der Waals surface area (Å²) in [5.74, 6) is -1.06. The normalized spacial score (nSPS) is 10.6. The van der Waals surface area contributed by atoms with E-state index in [0.717, 1.165) is 0 Å². The summed E-state index contributed by atoms with van der Waals surface area (Å²) in [5, 5.41) is 12.8. The quantitative estimate of drug-likeness (QED) is 0.794. The molecule has 1 N–H and O–H groups in total. The van der Waals surface area contributed by atoms with E-state index in [4.69, 9.17) is 5.11 Å². The van der Waals surface area contributed by atoms with E-state index in [1.54, 1.807) is 25.3 Å². The number of hydrogen-bond donors (Lipinski definition) is 1. The minimum absolute atomic E-state index is 0.0139. The molecule has 0 aliphatic carbocycles. The number of rotatable bonds is 3. The van der Waals surface area contributed by atoms with Gasteiger partial charge in [-0.15, -0.1) is 0 Å². The first-order valence-corrected chi connectivity index (χ1v) is 4.87. The second-order valence-electron chi connectivity index (χ2n) is 3.39. The molecule has 0 atom stereocenters. The van der Waals surface area contributed by atoms with Crippen LogP contribution in [0.15, 0.2) is 24.5 Å². The fourth-order valence-corrected chi connectivity index (χ4v) is 1.52. The van der Waals surface area contributed by atoms with Crippen LogP contribution in [0.3, 0.4) is 0 Å². The molecule has 0 spiro atoms. The molecule has 0 aromatic carbocycles. The fourth-order valence-electron chi connectivity index (χ4n) is 1.52. The van der Waals surface area contributed by atoms with Crippen molar-refractivity contribution >= 4 is 17.3 Å². The Morgan fingerprint density at radius 1 is 1.50 bits per heavy atom. The summed E-state index contributed by atoms with van der Waals surface area (Å²) in [6.45, 7) is 1.76. The molecule has 2 heterocycles. The van der Waals surface area contributed by atoms with Gasteiger partial charge in [-0.2, -0.15) is 5.10 Å². The van der Waals surface area contributed by atoms with Crippen molar-refractivity contribution in [3.05, 3.63) is 35.7 Å². The first-order chi connectivity index (χ1) is 7.63. The highest BCUT2D eigenvalue weighted by atomic mass is 16.4. The van der Waals surface area contributed by atoms with Gasteiger partial charge < -0.3 is 5.11 Å². The lowest BCUT2D eigenvalue weighted by Gasteiger charge is -1.99. The Balaban J connectivity index is 2.63. The van der Waals surface area contributed by atoms with E-state index in [2.05, 4.69) is 5.10 Å². The summed E-state index contributed by atoms with van der Waals surface area (Å²) in [4.78, 5) is 22.4. The Labute approximate surface area is 91.3 Å². The van der Waals surface area contributed by atoms with Gasteiger partial charge in [-0.25, -0.2) is 9.31 Å². The number of nitrogens with zero attached hydrogens (tertiary/aromatic N) is 2. The molecular weight excluding hydrogens is 208 g/mol. The number of aromatic carboxylic acids is 1. The molecule has 0 aliphatic rings. The lowest BCUT2D eigenvalue weighted by Crippen LogP contribution is -2.00. The Hall–Kier alpha value is -2.17. The van der Waals surface area contributed by atoms with Crippen LogP contribution in [-0.4, -0.2) is 26.5 Å². The van der Waals surface area contributed by atoms with Crippen LogP contribution in [0.4, 0.5) is 0 Å². The fraction of sp³-hybridized carbons (Fsp3) is 0.182. The summed E-state index contributed by atoms with van der Waals surface area (Å²) in [5.41, 5.74) is 1.05. The molecule has 5 heteroatoms. The first-order valence-electron chi connectivity index (χ1n) is 4.87. The molecule has 2 aromatic rings. The highest BCUT2D eigenvalue weighted by molar-refractivity contribution is 6.00. The monoisotopic (exact) mass is 218 g/mol. The van der Waals surface area contributed by atoms with Crippen molar-refractivity contribution < 1.29 is 14.7 Å². The number of Topliss-reactive ketones (excluding diaryl/α,β-unsaturated/α-hetero) is 1. The minimum Gasteiger partial charge on any atom is -0.478 e. The number of aromatic nitrogens is 2. The highest BCUT2D eigenvalue weighted by Gasteiger charge is 2.12. The zero-order valence-electron chi connectivity index (χ0n) is 8.67. The summed E-state index contributed by atoms with van der Waals surface area (Å²) in [7, 11) is 0. The molecule has 2 rings (SSSR count). The zero-order chi connectivity index (χ0) is 11.7. The number of ketones is 1. The average molecular weight is 218 g/mol. The Morgan fingerprint density at radius 3 is 2.88 bits per heavy atom. The molecule has 0 unspecified atom stereocenters. The second kappa shape index (κ2) is 3.77. The topological polar surface area (TPSA) is 71.7 Å². The van der Waals surface area contributed by atoms with Gasteiger partial charge in [-0.3, -0.25) is 4.79 Å². The van der Waals surface area contributed by atoms with Gasteiger partial charge in [-0.05, 0) is 12.1 Å². The molecule has 0 fully saturated rings. The molecule has 0 radical (unpaired) electrons. The Kier molecular flexibility index (Phi) is 2.44. The van der Waals surface area contributed by atoms with Crippen molar-refractivity contribution in [3.63, 3.8) is 0 Å². The number of pyridine rings is 1. The van der Waals surface area contributed by atoms with Gasteiger partial charge in [0.2, 0.25) is 0 Å². The molecule has 0 saturated heterocycles. The molecule has 0 bridgehead atoms.